The molecular formula is C15H20ClF2N3. The second-order valence-electron chi connectivity index (χ2n) is 5.47. The molecule has 21 heavy (non-hydrogen) atoms. The molecule has 0 bridgehead atoms. The fourth-order valence-corrected chi connectivity index (χ4v) is 2.49. The third-order valence-electron chi connectivity index (χ3n) is 3.77. The number of imidazole rings is 1. The number of aromatic nitrogens is 2. The van der Waals surface area contributed by atoms with Crippen LogP contribution < -0.4 is 0 Å². The highest BCUT2D eigenvalue weighted by atomic mass is 35.5. The summed E-state index contributed by atoms with van der Waals surface area (Å²) < 4.78 is 29.2. The molecule has 116 valence electrons. The van der Waals surface area contributed by atoms with Crippen molar-refractivity contribution in [3.8, 4) is 0 Å². The fraction of sp³-hybridized carbons (Fsp3) is 0.533. The average molecular weight is 316 g/mol. The third kappa shape index (κ3) is 3.35. The molecule has 2 aromatic rings. The first-order valence-corrected chi connectivity index (χ1v) is 7.58. The van der Waals surface area contributed by atoms with Crippen LogP contribution in [0.2, 0.25) is 0 Å². The Balaban J connectivity index is 2.27. The van der Waals surface area contributed by atoms with Crippen LogP contribution in [0.1, 0.15) is 26.1 Å². The van der Waals surface area contributed by atoms with E-state index >= 15 is 0 Å². The van der Waals surface area contributed by atoms with Gasteiger partial charge < -0.3 is 9.47 Å². The van der Waals surface area contributed by atoms with Crippen LogP contribution in [-0.2, 0) is 12.4 Å². The molecule has 2 rings (SSSR count). The minimum Gasteiger partial charge on any atom is -0.324 e. The number of halogens is 3. The zero-order valence-electron chi connectivity index (χ0n) is 12.5. The molecule has 1 aromatic carbocycles. The van der Waals surface area contributed by atoms with Gasteiger partial charge in [0, 0.05) is 12.6 Å². The highest BCUT2D eigenvalue weighted by molar-refractivity contribution is 6.16. The Morgan fingerprint density at radius 1 is 1.33 bits per heavy atom. The summed E-state index contributed by atoms with van der Waals surface area (Å²) in [5.41, 5.74) is 0.652. The predicted octanol–water partition coefficient (Wildman–Crippen LogP) is 3.78. The largest absolute Gasteiger partial charge is 0.324 e. The number of hydrogen-bond donors (Lipinski definition) is 0. The van der Waals surface area contributed by atoms with Crippen molar-refractivity contribution < 1.29 is 8.78 Å². The van der Waals surface area contributed by atoms with E-state index in [0.29, 0.717) is 23.9 Å². The quantitative estimate of drug-likeness (QED) is 0.756. The van der Waals surface area contributed by atoms with E-state index in [0.717, 1.165) is 19.0 Å². The first-order valence-electron chi connectivity index (χ1n) is 7.05. The molecule has 0 saturated heterocycles. The summed E-state index contributed by atoms with van der Waals surface area (Å²) in [6.07, 6.45) is 0.819. The van der Waals surface area contributed by atoms with Crippen molar-refractivity contribution >= 4 is 22.6 Å². The van der Waals surface area contributed by atoms with Crippen molar-refractivity contribution in [1.82, 2.24) is 14.5 Å². The molecule has 1 aromatic heterocycles. The molecule has 0 radical (unpaired) electrons. The van der Waals surface area contributed by atoms with Crippen molar-refractivity contribution in [2.24, 2.45) is 0 Å². The first kappa shape index (κ1) is 16.2. The zero-order chi connectivity index (χ0) is 15.6. The summed E-state index contributed by atoms with van der Waals surface area (Å²) in [5.74, 6) is -0.962. The van der Waals surface area contributed by atoms with Crippen LogP contribution in [0.4, 0.5) is 8.78 Å². The number of nitrogens with zero attached hydrogens (tertiary/aromatic N) is 3. The summed E-state index contributed by atoms with van der Waals surface area (Å²) in [5, 5.41) is 0. The Bertz CT molecular complexity index is 625. The molecule has 3 nitrogen and oxygen atoms in total. The smallest absolute Gasteiger partial charge is 0.184 e. The van der Waals surface area contributed by atoms with Gasteiger partial charge in [-0.15, -0.1) is 11.6 Å². The van der Waals surface area contributed by atoms with Crippen LogP contribution in [0.15, 0.2) is 12.1 Å². The monoisotopic (exact) mass is 315 g/mol. The lowest BCUT2D eigenvalue weighted by Gasteiger charge is -2.21. The topological polar surface area (TPSA) is 21.1 Å². The van der Waals surface area contributed by atoms with Gasteiger partial charge in [0.2, 0.25) is 0 Å². The van der Waals surface area contributed by atoms with Gasteiger partial charge >= 0.3 is 0 Å². The molecule has 1 heterocycles. The summed E-state index contributed by atoms with van der Waals surface area (Å²) in [7, 11) is 2.04. The van der Waals surface area contributed by atoms with Crippen LogP contribution in [-0.4, -0.2) is 34.1 Å². The van der Waals surface area contributed by atoms with Crippen molar-refractivity contribution in [1.29, 1.82) is 0 Å². The molecule has 0 N–H and O–H groups in total. The third-order valence-corrected chi connectivity index (χ3v) is 4.01. The van der Waals surface area contributed by atoms with Crippen LogP contribution in [0, 0.1) is 11.6 Å². The zero-order valence-corrected chi connectivity index (χ0v) is 13.3. The molecule has 0 fully saturated rings. The van der Waals surface area contributed by atoms with Crippen LogP contribution in [0.5, 0.6) is 0 Å². The van der Waals surface area contributed by atoms with Gasteiger partial charge in [-0.1, -0.05) is 0 Å². The number of hydrogen-bond acceptors (Lipinski definition) is 2. The number of rotatable bonds is 6. The molecule has 0 amide bonds. The maximum Gasteiger partial charge on any atom is 0.184 e. The highest BCUT2D eigenvalue weighted by Gasteiger charge is 2.17. The lowest BCUT2D eigenvalue weighted by molar-refractivity contribution is 0.265. The minimum atomic E-state index is -0.857. The Hall–Kier alpha value is -1.20. The summed E-state index contributed by atoms with van der Waals surface area (Å²) in [4.78, 5) is 6.48. The SMILES string of the molecule is CC(C)N(C)CCCn1c(CCl)nc2ccc(F)c(F)c21. The van der Waals surface area contributed by atoms with Crippen LogP contribution >= 0.6 is 11.6 Å². The normalized spacial score (nSPS) is 12.0. The van der Waals surface area contributed by atoms with Gasteiger partial charge in [0.1, 0.15) is 11.3 Å². The van der Waals surface area contributed by atoms with E-state index in [-0.39, 0.29) is 11.4 Å². The molecule has 0 spiro atoms. The van der Waals surface area contributed by atoms with Gasteiger partial charge in [0.15, 0.2) is 11.6 Å². The second kappa shape index (κ2) is 6.71. The Labute approximate surface area is 128 Å². The molecule has 6 heteroatoms. The summed E-state index contributed by atoms with van der Waals surface area (Å²) in [6.45, 7) is 5.67. The average Bonchev–Trinajstić information content (AvgIpc) is 2.81. The van der Waals surface area contributed by atoms with Crippen LogP contribution in [0.25, 0.3) is 11.0 Å². The van der Waals surface area contributed by atoms with Crippen molar-refractivity contribution in [2.45, 2.75) is 38.7 Å². The lowest BCUT2D eigenvalue weighted by atomic mass is 10.2. The van der Waals surface area contributed by atoms with E-state index in [4.69, 9.17) is 11.6 Å². The number of alkyl halides is 1. The minimum absolute atomic E-state index is 0.176. The Morgan fingerprint density at radius 2 is 2.05 bits per heavy atom. The van der Waals surface area contributed by atoms with Gasteiger partial charge in [-0.2, -0.15) is 0 Å². The van der Waals surface area contributed by atoms with Crippen molar-refractivity contribution in [2.75, 3.05) is 13.6 Å². The first-order chi connectivity index (χ1) is 9.95. The van der Waals surface area contributed by atoms with Gasteiger partial charge in [-0.25, -0.2) is 13.8 Å². The van der Waals surface area contributed by atoms with Gasteiger partial charge in [0.05, 0.1) is 11.4 Å². The van der Waals surface area contributed by atoms with E-state index in [1.165, 1.54) is 6.07 Å². The molecule has 0 aliphatic rings. The van der Waals surface area contributed by atoms with E-state index in [1.54, 1.807) is 4.57 Å². The fourth-order valence-electron chi connectivity index (χ4n) is 2.28. The molecule has 0 saturated carbocycles. The number of fused-ring (bicyclic) bond motifs is 1. The maximum absolute atomic E-state index is 14.0. The molecule has 0 aliphatic heterocycles. The van der Waals surface area contributed by atoms with Crippen molar-refractivity contribution in [3.63, 3.8) is 0 Å². The van der Waals surface area contributed by atoms with E-state index in [9.17, 15) is 8.78 Å². The van der Waals surface area contributed by atoms with E-state index in [2.05, 4.69) is 23.7 Å². The maximum atomic E-state index is 14.0. The number of benzene rings is 1. The second-order valence-corrected chi connectivity index (χ2v) is 5.74. The van der Waals surface area contributed by atoms with Gasteiger partial charge in [-0.3, -0.25) is 0 Å². The molecule has 0 atom stereocenters. The number of aryl methyl sites for hydroxylation is 1. The molecular weight excluding hydrogens is 296 g/mol. The highest BCUT2D eigenvalue weighted by Crippen LogP contribution is 2.23. The van der Waals surface area contributed by atoms with Crippen LogP contribution in [0.3, 0.4) is 0 Å². The summed E-state index contributed by atoms with van der Waals surface area (Å²) >= 11 is 5.88. The molecule has 0 aliphatic carbocycles. The Kier molecular flexibility index (Phi) is 5.17. The van der Waals surface area contributed by atoms with Gasteiger partial charge in [0.25, 0.3) is 0 Å². The Morgan fingerprint density at radius 3 is 2.67 bits per heavy atom. The molecule has 0 unspecified atom stereocenters. The standard InChI is InChI=1S/C15H20ClF2N3/c1-10(2)20(3)7-4-8-21-13(9-16)19-12-6-5-11(17)14(18)15(12)21/h5-6,10H,4,7-9H2,1-3H3. The summed E-state index contributed by atoms with van der Waals surface area (Å²) in [6, 6.07) is 3.03. The predicted molar refractivity (Wildman–Crippen MR) is 81.6 cm³/mol. The van der Waals surface area contributed by atoms with E-state index < -0.39 is 11.6 Å². The van der Waals surface area contributed by atoms with Gasteiger partial charge in [-0.05, 0) is 46.0 Å². The lowest BCUT2D eigenvalue weighted by Crippen LogP contribution is -2.28. The van der Waals surface area contributed by atoms with E-state index in [1.807, 2.05) is 7.05 Å². The van der Waals surface area contributed by atoms with Crippen molar-refractivity contribution in [3.05, 3.63) is 29.6 Å².